The molecular formula is C17H20N8O2. The number of tetrazole rings is 1. The Morgan fingerprint density at radius 1 is 1.22 bits per heavy atom. The highest BCUT2D eigenvalue weighted by molar-refractivity contribution is 5.75. The molecule has 0 unspecified atom stereocenters. The Labute approximate surface area is 155 Å². The van der Waals surface area contributed by atoms with Crippen LogP contribution in [0.3, 0.4) is 0 Å². The van der Waals surface area contributed by atoms with Crippen LogP contribution in [0.25, 0.3) is 11.4 Å². The molecule has 1 aromatic carbocycles. The summed E-state index contributed by atoms with van der Waals surface area (Å²) in [4.78, 5) is 18.5. The molecule has 0 atom stereocenters. The first-order valence-corrected chi connectivity index (χ1v) is 8.89. The van der Waals surface area contributed by atoms with Crippen molar-refractivity contribution in [1.29, 1.82) is 0 Å². The van der Waals surface area contributed by atoms with Crippen molar-refractivity contribution in [3.8, 4) is 11.4 Å². The molecular weight excluding hydrogens is 348 g/mol. The Morgan fingerprint density at radius 2 is 2.04 bits per heavy atom. The van der Waals surface area contributed by atoms with Gasteiger partial charge < -0.3 is 14.7 Å². The van der Waals surface area contributed by atoms with Gasteiger partial charge in [0, 0.05) is 25.2 Å². The first-order valence-electron chi connectivity index (χ1n) is 8.89. The van der Waals surface area contributed by atoms with Crippen LogP contribution in [0.1, 0.15) is 12.8 Å². The highest BCUT2D eigenvalue weighted by Crippen LogP contribution is 2.24. The highest BCUT2D eigenvalue weighted by Gasteiger charge is 2.23. The number of carbonyl (C=O) groups excluding carboxylic acids is 1. The largest absolute Gasteiger partial charge is 0.354 e. The van der Waals surface area contributed by atoms with Crippen LogP contribution >= 0.6 is 0 Å². The Balaban J connectivity index is 1.24. The van der Waals surface area contributed by atoms with E-state index >= 15 is 0 Å². The standard InChI is InChI=1S/C17H20N8O2/c26-15(11-25-12-19-22-23-25)18-10-13-6-8-24(9-7-13)17-20-16(21-27-17)14-4-2-1-3-5-14/h1-5,12-13H,6-11H2,(H,18,26). The summed E-state index contributed by atoms with van der Waals surface area (Å²) in [6, 6.07) is 10.3. The summed E-state index contributed by atoms with van der Waals surface area (Å²) in [5, 5.41) is 17.7. The van der Waals surface area contributed by atoms with E-state index in [-0.39, 0.29) is 12.5 Å². The molecule has 1 N–H and O–H groups in total. The van der Waals surface area contributed by atoms with Gasteiger partial charge in [0.2, 0.25) is 11.7 Å². The van der Waals surface area contributed by atoms with Crippen molar-refractivity contribution in [1.82, 2.24) is 35.7 Å². The number of anilines is 1. The fraction of sp³-hybridized carbons (Fsp3) is 0.412. The fourth-order valence-corrected chi connectivity index (χ4v) is 3.09. The molecule has 1 aliphatic heterocycles. The first kappa shape index (κ1) is 17.1. The summed E-state index contributed by atoms with van der Waals surface area (Å²) < 4.78 is 6.82. The zero-order chi connectivity index (χ0) is 18.5. The van der Waals surface area contributed by atoms with Crippen molar-refractivity contribution in [3.05, 3.63) is 36.7 Å². The quantitative estimate of drug-likeness (QED) is 0.678. The van der Waals surface area contributed by atoms with Gasteiger partial charge in [-0.3, -0.25) is 4.79 Å². The summed E-state index contributed by atoms with van der Waals surface area (Å²) in [5.74, 6) is 0.937. The van der Waals surface area contributed by atoms with Crippen molar-refractivity contribution in [2.24, 2.45) is 5.92 Å². The van der Waals surface area contributed by atoms with E-state index in [9.17, 15) is 4.79 Å². The SMILES string of the molecule is O=C(Cn1cnnn1)NCC1CCN(c2nc(-c3ccccc3)no2)CC1. The van der Waals surface area contributed by atoms with Crippen molar-refractivity contribution in [3.63, 3.8) is 0 Å². The molecule has 1 fully saturated rings. The van der Waals surface area contributed by atoms with Crippen molar-refractivity contribution in [2.45, 2.75) is 19.4 Å². The lowest BCUT2D eigenvalue weighted by molar-refractivity contribution is -0.122. The normalized spacial score (nSPS) is 15.0. The summed E-state index contributed by atoms with van der Waals surface area (Å²) >= 11 is 0. The van der Waals surface area contributed by atoms with E-state index in [1.165, 1.54) is 11.0 Å². The van der Waals surface area contributed by atoms with E-state index in [1.54, 1.807) is 0 Å². The number of nitrogens with zero attached hydrogens (tertiary/aromatic N) is 7. The molecule has 0 saturated carbocycles. The zero-order valence-electron chi connectivity index (χ0n) is 14.7. The fourth-order valence-electron chi connectivity index (χ4n) is 3.09. The number of piperidine rings is 1. The van der Waals surface area contributed by atoms with E-state index in [2.05, 4.69) is 35.9 Å². The monoisotopic (exact) mass is 368 g/mol. The maximum absolute atomic E-state index is 11.9. The number of benzene rings is 1. The number of rotatable bonds is 6. The molecule has 10 heteroatoms. The molecule has 1 aliphatic rings. The predicted molar refractivity (Wildman–Crippen MR) is 95.5 cm³/mol. The van der Waals surface area contributed by atoms with Gasteiger partial charge in [-0.05, 0) is 29.2 Å². The molecule has 3 heterocycles. The number of aromatic nitrogens is 6. The molecule has 1 amide bonds. The predicted octanol–water partition coefficient (Wildman–Crippen LogP) is 0.756. The second kappa shape index (κ2) is 7.94. The maximum atomic E-state index is 11.9. The van der Waals surface area contributed by atoms with Gasteiger partial charge >= 0.3 is 6.01 Å². The molecule has 4 rings (SSSR count). The van der Waals surface area contributed by atoms with E-state index < -0.39 is 0 Å². The van der Waals surface area contributed by atoms with Crippen LogP contribution in [-0.4, -0.2) is 55.9 Å². The second-order valence-electron chi connectivity index (χ2n) is 6.51. The van der Waals surface area contributed by atoms with Crippen LogP contribution in [0.15, 0.2) is 41.2 Å². The van der Waals surface area contributed by atoms with Crippen molar-refractivity contribution >= 4 is 11.9 Å². The number of hydrogen-bond donors (Lipinski definition) is 1. The topological polar surface area (TPSA) is 115 Å². The van der Waals surface area contributed by atoms with E-state index in [0.29, 0.717) is 24.3 Å². The third kappa shape index (κ3) is 4.27. The Bertz CT molecular complexity index is 856. The molecule has 10 nitrogen and oxygen atoms in total. The van der Waals surface area contributed by atoms with Gasteiger partial charge in [-0.2, -0.15) is 4.98 Å². The summed E-state index contributed by atoms with van der Waals surface area (Å²) in [7, 11) is 0. The molecule has 27 heavy (non-hydrogen) atoms. The molecule has 1 saturated heterocycles. The van der Waals surface area contributed by atoms with E-state index in [4.69, 9.17) is 4.52 Å². The number of nitrogens with one attached hydrogen (secondary N) is 1. The summed E-state index contributed by atoms with van der Waals surface area (Å²) in [6.07, 6.45) is 3.33. The third-order valence-corrected chi connectivity index (χ3v) is 4.62. The van der Waals surface area contributed by atoms with E-state index in [1.807, 2.05) is 30.3 Å². The molecule has 0 spiro atoms. The van der Waals surface area contributed by atoms with Gasteiger partial charge in [-0.1, -0.05) is 35.5 Å². The smallest absolute Gasteiger partial charge is 0.324 e. The highest BCUT2D eigenvalue weighted by atomic mass is 16.5. The minimum atomic E-state index is -0.0888. The molecule has 3 aromatic rings. The van der Waals surface area contributed by atoms with Crippen LogP contribution in [0.2, 0.25) is 0 Å². The van der Waals surface area contributed by atoms with Gasteiger partial charge in [0.1, 0.15) is 12.9 Å². The number of carbonyl (C=O) groups is 1. The van der Waals surface area contributed by atoms with Crippen LogP contribution < -0.4 is 10.2 Å². The van der Waals surface area contributed by atoms with Gasteiger partial charge in [0.15, 0.2) is 0 Å². The summed E-state index contributed by atoms with van der Waals surface area (Å²) in [6.45, 7) is 2.43. The summed E-state index contributed by atoms with van der Waals surface area (Å²) in [5.41, 5.74) is 0.938. The minimum absolute atomic E-state index is 0.0888. The second-order valence-corrected chi connectivity index (χ2v) is 6.51. The number of amides is 1. The lowest BCUT2D eigenvalue weighted by Crippen LogP contribution is -2.39. The average Bonchev–Trinajstić information content (AvgIpc) is 3.40. The molecule has 0 bridgehead atoms. The minimum Gasteiger partial charge on any atom is -0.354 e. The molecule has 0 radical (unpaired) electrons. The first-order chi connectivity index (χ1) is 13.3. The molecule has 2 aromatic heterocycles. The maximum Gasteiger partial charge on any atom is 0.324 e. The van der Waals surface area contributed by atoms with Crippen LogP contribution in [0.4, 0.5) is 6.01 Å². The Kier molecular flexibility index (Phi) is 5.04. The molecule has 140 valence electrons. The zero-order valence-corrected chi connectivity index (χ0v) is 14.7. The number of hydrogen-bond acceptors (Lipinski definition) is 8. The third-order valence-electron chi connectivity index (χ3n) is 4.62. The van der Waals surface area contributed by atoms with Gasteiger partial charge in [-0.25, -0.2) is 4.68 Å². The van der Waals surface area contributed by atoms with Crippen molar-refractivity contribution in [2.75, 3.05) is 24.5 Å². The van der Waals surface area contributed by atoms with Gasteiger partial charge in [0.05, 0.1) is 0 Å². The van der Waals surface area contributed by atoms with Crippen LogP contribution in [0, 0.1) is 5.92 Å². The van der Waals surface area contributed by atoms with Crippen molar-refractivity contribution < 1.29 is 9.32 Å². The van der Waals surface area contributed by atoms with Crippen LogP contribution in [0.5, 0.6) is 0 Å². The Morgan fingerprint density at radius 3 is 2.78 bits per heavy atom. The average molecular weight is 368 g/mol. The van der Waals surface area contributed by atoms with E-state index in [0.717, 1.165) is 31.5 Å². The van der Waals surface area contributed by atoms with Gasteiger partial charge in [-0.15, -0.1) is 5.10 Å². The Hall–Kier alpha value is -3.30. The lowest BCUT2D eigenvalue weighted by Gasteiger charge is -2.30. The van der Waals surface area contributed by atoms with Gasteiger partial charge in [0.25, 0.3) is 0 Å². The lowest BCUT2D eigenvalue weighted by atomic mass is 9.97. The molecule has 0 aliphatic carbocycles. The van der Waals surface area contributed by atoms with Crippen LogP contribution in [-0.2, 0) is 11.3 Å².